The fraction of sp³-hybridized carbons (Fsp3) is 0.538. The molecule has 0 aliphatic carbocycles. The van der Waals surface area contributed by atoms with E-state index in [0.29, 0.717) is 12.4 Å². The number of hydrogen-bond acceptors (Lipinski definition) is 3. The summed E-state index contributed by atoms with van der Waals surface area (Å²) in [5.41, 5.74) is 2.68. The summed E-state index contributed by atoms with van der Waals surface area (Å²) in [5, 5.41) is 18.4. The normalized spacial score (nSPS) is 10.5. The lowest BCUT2D eigenvalue weighted by Crippen LogP contribution is -2.01. The standard InChI is InChI=1S/C13H20O3/c1-9-8-12(16-7-5-4-6-14)10(2)11(3)13(9)15/h8,14-15H,4-7H2,1-3H3. The summed E-state index contributed by atoms with van der Waals surface area (Å²) in [7, 11) is 0. The number of aryl methyl sites for hydroxylation is 1. The molecule has 16 heavy (non-hydrogen) atoms. The van der Waals surface area contributed by atoms with Gasteiger partial charge in [-0.15, -0.1) is 0 Å². The van der Waals surface area contributed by atoms with Gasteiger partial charge in [0, 0.05) is 6.61 Å². The molecular weight excluding hydrogens is 204 g/mol. The second kappa shape index (κ2) is 5.75. The maximum atomic E-state index is 9.73. The van der Waals surface area contributed by atoms with Crippen LogP contribution in [-0.2, 0) is 0 Å². The number of aliphatic hydroxyl groups is 1. The zero-order valence-electron chi connectivity index (χ0n) is 10.2. The van der Waals surface area contributed by atoms with Crippen LogP contribution < -0.4 is 4.74 Å². The van der Waals surface area contributed by atoms with E-state index in [1.54, 1.807) is 0 Å². The fourth-order valence-corrected chi connectivity index (χ4v) is 1.58. The summed E-state index contributed by atoms with van der Waals surface area (Å²) in [6.07, 6.45) is 1.60. The van der Waals surface area contributed by atoms with E-state index in [4.69, 9.17) is 9.84 Å². The van der Waals surface area contributed by atoms with Crippen LogP contribution in [0.3, 0.4) is 0 Å². The van der Waals surface area contributed by atoms with E-state index >= 15 is 0 Å². The highest BCUT2D eigenvalue weighted by atomic mass is 16.5. The minimum Gasteiger partial charge on any atom is -0.507 e. The lowest BCUT2D eigenvalue weighted by Gasteiger charge is -2.14. The first kappa shape index (κ1) is 12.8. The van der Waals surface area contributed by atoms with Gasteiger partial charge in [0.25, 0.3) is 0 Å². The summed E-state index contributed by atoms with van der Waals surface area (Å²) in [4.78, 5) is 0. The van der Waals surface area contributed by atoms with Crippen molar-refractivity contribution in [3.05, 3.63) is 22.8 Å². The van der Waals surface area contributed by atoms with Gasteiger partial charge in [0.15, 0.2) is 0 Å². The predicted molar refractivity (Wildman–Crippen MR) is 64.1 cm³/mol. The molecule has 0 spiro atoms. The highest BCUT2D eigenvalue weighted by molar-refractivity contribution is 5.51. The van der Waals surface area contributed by atoms with Crippen LogP contribution in [0.4, 0.5) is 0 Å². The van der Waals surface area contributed by atoms with Crippen molar-refractivity contribution in [1.82, 2.24) is 0 Å². The summed E-state index contributed by atoms with van der Waals surface area (Å²) in [6, 6.07) is 1.86. The largest absolute Gasteiger partial charge is 0.507 e. The monoisotopic (exact) mass is 224 g/mol. The number of phenolic OH excluding ortho intramolecular Hbond substituents is 1. The first-order valence-corrected chi connectivity index (χ1v) is 5.61. The number of hydrogen-bond donors (Lipinski definition) is 2. The molecule has 0 atom stereocenters. The molecule has 0 aromatic heterocycles. The Morgan fingerprint density at radius 1 is 1.12 bits per heavy atom. The number of benzene rings is 1. The zero-order chi connectivity index (χ0) is 12.1. The number of phenols is 1. The molecule has 0 unspecified atom stereocenters. The Hall–Kier alpha value is -1.22. The van der Waals surface area contributed by atoms with E-state index in [2.05, 4.69) is 0 Å². The van der Waals surface area contributed by atoms with Gasteiger partial charge in [0.05, 0.1) is 6.61 Å². The number of rotatable bonds is 5. The lowest BCUT2D eigenvalue weighted by atomic mass is 10.0. The molecule has 0 heterocycles. The number of aliphatic hydroxyl groups excluding tert-OH is 1. The third kappa shape index (κ3) is 2.89. The predicted octanol–water partition coefficient (Wildman–Crippen LogP) is 2.47. The van der Waals surface area contributed by atoms with E-state index in [1.165, 1.54) is 0 Å². The summed E-state index contributed by atoms with van der Waals surface area (Å²) >= 11 is 0. The second-order valence-electron chi connectivity index (χ2n) is 4.07. The smallest absolute Gasteiger partial charge is 0.122 e. The van der Waals surface area contributed by atoms with Crippen molar-refractivity contribution in [2.45, 2.75) is 33.6 Å². The van der Waals surface area contributed by atoms with E-state index in [9.17, 15) is 5.11 Å². The fourth-order valence-electron chi connectivity index (χ4n) is 1.58. The van der Waals surface area contributed by atoms with Gasteiger partial charge in [-0.2, -0.15) is 0 Å². The van der Waals surface area contributed by atoms with E-state index < -0.39 is 0 Å². The zero-order valence-corrected chi connectivity index (χ0v) is 10.2. The van der Waals surface area contributed by atoms with Crippen LogP contribution in [0.25, 0.3) is 0 Å². The topological polar surface area (TPSA) is 49.7 Å². The molecule has 0 aliphatic heterocycles. The molecule has 3 nitrogen and oxygen atoms in total. The molecule has 0 saturated heterocycles. The minimum absolute atomic E-state index is 0.204. The van der Waals surface area contributed by atoms with Crippen LogP contribution in [0.15, 0.2) is 6.07 Å². The molecule has 0 amide bonds. The molecular formula is C13H20O3. The van der Waals surface area contributed by atoms with Gasteiger partial charge in [-0.05, 0) is 56.4 Å². The summed E-state index contributed by atoms with van der Waals surface area (Å²) < 4.78 is 5.63. The average molecular weight is 224 g/mol. The first-order valence-electron chi connectivity index (χ1n) is 5.61. The molecule has 3 heteroatoms. The van der Waals surface area contributed by atoms with E-state index in [-0.39, 0.29) is 6.61 Å². The van der Waals surface area contributed by atoms with Crippen LogP contribution in [0, 0.1) is 20.8 Å². The number of ether oxygens (including phenoxy) is 1. The van der Waals surface area contributed by atoms with E-state index in [1.807, 2.05) is 26.8 Å². The number of aromatic hydroxyl groups is 1. The average Bonchev–Trinajstić information content (AvgIpc) is 2.28. The van der Waals surface area contributed by atoms with Gasteiger partial charge in [-0.1, -0.05) is 0 Å². The van der Waals surface area contributed by atoms with E-state index in [0.717, 1.165) is 35.3 Å². The molecule has 0 radical (unpaired) electrons. The third-order valence-electron chi connectivity index (χ3n) is 2.82. The van der Waals surface area contributed by atoms with Crippen LogP contribution >= 0.6 is 0 Å². The van der Waals surface area contributed by atoms with Crippen molar-refractivity contribution in [3.8, 4) is 11.5 Å². The van der Waals surface area contributed by atoms with Gasteiger partial charge in [0.2, 0.25) is 0 Å². The first-order chi connectivity index (χ1) is 7.57. The van der Waals surface area contributed by atoms with Gasteiger partial charge in [-0.25, -0.2) is 0 Å². The second-order valence-corrected chi connectivity index (χ2v) is 4.07. The maximum absolute atomic E-state index is 9.73. The minimum atomic E-state index is 0.204. The molecule has 0 fully saturated rings. The van der Waals surface area contributed by atoms with Crippen LogP contribution in [0.2, 0.25) is 0 Å². The van der Waals surface area contributed by atoms with Gasteiger partial charge >= 0.3 is 0 Å². The Bertz CT molecular complexity index is 359. The Labute approximate surface area is 96.7 Å². The van der Waals surface area contributed by atoms with Gasteiger partial charge < -0.3 is 14.9 Å². The van der Waals surface area contributed by atoms with Crippen molar-refractivity contribution in [2.75, 3.05) is 13.2 Å². The maximum Gasteiger partial charge on any atom is 0.122 e. The highest BCUT2D eigenvalue weighted by Gasteiger charge is 2.09. The van der Waals surface area contributed by atoms with Crippen molar-refractivity contribution < 1.29 is 14.9 Å². The van der Waals surface area contributed by atoms with Gasteiger partial charge in [0.1, 0.15) is 11.5 Å². The molecule has 0 saturated carbocycles. The molecule has 90 valence electrons. The Morgan fingerprint density at radius 3 is 2.44 bits per heavy atom. The molecule has 1 aromatic carbocycles. The molecule has 1 rings (SSSR count). The van der Waals surface area contributed by atoms with Crippen molar-refractivity contribution in [2.24, 2.45) is 0 Å². The molecule has 1 aromatic rings. The van der Waals surface area contributed by atoms with Crippen LogP contribution in [0.5, 0.6) is 11.5 Å². The SMILES string of the molecule is Cc1cc(OCCCCO)c(C)c(C)c1O. The summed E-state index contributed by atoms with van der Waals surface area (Å²) in [5.74, 6) is 1.17. The van der Waals surface area contributed by atoms with Crippen LogP contribution in [0.1, 0.15) is 29.5 Å². The Kier molecular flexibility index (Phi) is 4.62. The lowest BCUT2D eigenvalue weighted by molar-refractivity contribution is 0.252. The molecule has 0 bridgehead atoms. The van der Waals surface area contributed by atoms with Crippen molar-refractivity contribution >= 4 is 0 Å². The quantitative estimate of drug-likeness (QED) is 0.755. The van der Waals surface area contributed by atoms with Crippen LogP contribution in [-0.4, -0.2) is 23.4 Å². The Morgan fingerprint density at radius 2 is 1.81 bits per heavy atom. The van der Waals surface area contributed by atoms with Crippen molar-refractivity contribution in [3.63, 3.8) is 0 Å². The van der Waals surface area contributed by atoms with Gasteiger partial charge in [-0.3, -0.25) is 0 Å². The highest BCUT2D eigenvalue weighted by Crippen LogP contribution is 2.31. The third-order valence-corrected chi connectivity index (χ3v) is 2.82. The molecule has 2 N–H and O–H groups in total. The number of unbranched alkanes of at least 4 members (excludes halogenated alkanes) is 1. The molecule has 0 aliphatic rings. The summed E-state index contributed by atoms with van der Waals surface area (Å²) in [6.45, 7) is 6.50. The van der Waals surface area contributed by atoms with Crippen molar-refractivity contribution in [1.29, 1.82) is 0 Å². The Balaban J connectivity index is 2.73.